The maximum absolute atomic E-state index is 12.1. The number of hydrogen-bond donors (Lipinski definition) is 3. The summed E-state index contributed by atoms with van der Waals surface area (Å²) in [5.74, 6) is -1.17. The van der Waals surface area contributed by atoms with Crippen molar-refractivity contribution in [1.82, 2.24) is 16.2 Å². The van der Waals surface area contributed by atoms with Gasteiger partial charge in [-0.1, -0.05) is 41.4 Å². The van der Waals surface area contributed by atoms with Crippen molar-refractivity contribution in [1.29, 1.82) is 0 Å². The molecule has 0 spiro atoms. The van der Waals surface area contributed by atoms with E-state index in [0.717, 1.165) is 11.1 Å². The van der Waals surface area contributed by atoms with Crippen LogP contribution in [0, 0.1) is 13.8 Å². The van der Waals surface area contributed by atoms with Gasteiger partial charge in [-0.2, -0.15) is 0 Å². The minimum absolute atomic E-state index is 0.0172. The molecule has 0 radical (unpaired) electrons. The molecule has 0 saturated carbocycles. The zero-order valence-electron chi connectivity index (χ0n) is 14.6. The van der Waals surface area contributed by atoms with E-state index in [1.807, 2.05) is 26.0 Å². The Morgan fingerprint density at radius 3 is 2.35 bits per heavy atom. The molecule has 0 aromatic heterocycles. The van der Waals surface area contributed by atoms with Crippen LogP contribution in [0.15, 0.2) is 42.5 Å². The summed E-state index contributed by atoms with van der Waals surface area (Å²) in [6.07, 6.45) is 0.0172. The van der Waals surface area contributed by atoms with Crippen LogP contribution >= 0.6 is 11.6 Å². The highest BCUT2D eigenvalue weighted by atomic mass is 35.5. The molecular formula is C19H20ClN3O3. The predicted molar refractivity (Wildman–Crippen MR) is 99.9 cm³/mol. The second kappa shape index (κ2) is 9.01. The van der Waals surface area contributed by atoms with Crippen LogP contribution < -0.4 is 16.2 Å². The second-order valence-corrected chi connectivity index (χ2v) is 6.21. The van der Waals surface area contributed by atoms with Crippen LogP contribution in [-0.2, 0) is 4.79 Å². The molecule has 2 aromatic rings. The van der Waals surface area contributed by atoms with Crippen molar-refractivity contribution >= 4 is 29.3 Å². The fraction of sp³-hybridized carbons (Fsp3) is 0.211. The first-order valence-electron chi connectivity index (χ1n) is 8.07. The number of carbonyl (C=O) groups excluding carboxylic acids is 3. The Labute approximate surface area is 156 Å². The monoisotopic (exact) mass is 373 g/mol. The van der Waals surface area contributed by atoms with Crippen LogP contribution in [0.1, 0.15) is 38.3 Å². The van der Waals surface area contributed by atoms with Gasteiger partial charge in [-0.15, -0.1) is 0 Å². The molecule has 7 heteroatoms. The minimum atomic E-state index is -0.414. The lowest BCUT2D eigenvalue weighted by Gasteiger charge is -2.10. The molecular weight excluding hydrogens is 354 g/mol. The van der Waals surface area contributed by atoms with Gasteiger partial charge in [0.2, 0.25) is 5.91 Å². The van der Waals surface area contributed by atoms with Crippen molar-refractivity contribution in [2.75, 3.05) is 6.54 Å². The van der Waals surface area contributed by atoms with Crippen molar-refractivity contribution in [3.05, 3.63) is 69.7 Å². The van der Waals surface area contributed by atoms with E-state index in [4.69, 9.17) is 11.6 Å². The van der Waals surface area contributed by atoms with Gasteiger partial charge < -0.3 is 5.32 Å². The molecule has 2 rings (SSSR count). The fourth-order valence-corrected chi connectivity index (χ4v) is 2.58. The van der Waals surface area contributed by atoms with Gasteiger partial charge >= 0.3 is 0 Å². The summed E-state index contributed by atoms with van der Waals surface area (Å²) in [7, 11) is 0. The van der Waals surface area contributed by atoms with Crippen molar-refractivity contribution in [3.8, 4) is 0 Å². The minimum Gasteiger partial charge on any atom is -0.351 e. The van der Waals surface area contributed by atoms with E-state index in [0.29, 0.717) is 16.1 Å². The molecule has 6 nitrogen and oxygen atoms in total. The molecule has 0 fully saturated rings. The fourth-order valence-electron chi connectivity index (χ4n) is 2.35. The summed E-state index contributed by atoms with van der Waals surface area (Å²) < 4.78 is 0. The molecule has 0 aliphatic heterocycles. The average molecular weight is 374 g/mol. The summed E-state index contributed by atoms with van der Waals surface area (Å²) in [5.41, 5.74) is 7.41. The third-order valence-electron chi connectivity index (χ3n) is 3.70. The van der Waals surface area contributed by atoms with Crippen LogP contribution in [0.3, 0.4) is 0 Å². The van der Waals surface area contributed by atoms with E-state index in [2.05, 4.69) is 16.2 Å². The molecule has 3 amide bonds. The Kier molecular flexibility index (Phi) is 6.74. The molecule has 26 heavy (non-hydrogen) atoms. The van der Waals surface area contributed by atoms with Crippen molar-refractivity contribution in [3.63, 3.8) is 0 Å². The molecule has 0 atom stereocenters. The van der Waals surface area contributed by atoms with Gasteiger partial charge in [0.25, 0.3) is 11.8 Å². The number of halogens is 1. The number of carbonyl (C=O) groups is 3. The SMILES string of the molecule is Cc1ccc(C(=O)NNC(=O)CCNC(=O)c2ccccc2Cl)c(C)c1. The van der Waals surface area contributed by atoms with Gasteiger partial charge in [0.1, 0.15) is 0 Å². The summed E-state index contributed by atoms with van der Waals surface area (Å²) in [6, 6.07) is 12.1. The first-order valence-corrected chi connectivity index (χ1v) is 8.45. The zero-order chi connectivity index (χ0) is 19.1. The van der Waals surface area contributed by atoms with Gasteiger partial charge in [0.15, 0.2) is 0 Å². The largest absolute Gasteiger partial charge is 0.351 e. The molecule has 0 aliphatic rings. The van der Waals surface area contributed by atoms with E-state index in [1.54, 1.807) is 30.3 Å². The summed E-state index contributed by atoms with van der Waals surface area (Å²) in [6.45, 7) is 3.89. The highest BCUT2D eigenvalue weighted by molar-refractivity contribution is 6.33. The lowest BCUT2D eigenvalue weighted by atomic mass is 10.1. The molecule has 0 unspecified atom stereocenters. The third-order valence-corrected chi connectivity index (χ3v) is 4.03. The van der Waals surface area contributed by atoms with Crippen LogP contribution in [-0.4, -0.2) is 24.3 Å². The number of hydrogen-bond acceptors (Lipinski definition) is 3. The smallest absolute Gasteiger partial charge is 0.269 e. The van der Waals surface area contributed by atoms with E-state index in [-0.39, 0.29) is 18.9 Å². The highest BCUT2D eigenvalue weighted by Crippen LogP contribution is 2.14. The number of benzene rings is 2. The lowest BCUT2D eigenvalue weighted by Crippen LogP contribution is -2.43. The maximum atomic E-state index is 12.1. The number of amides is 3. The average Bonchev–Trinajstić information content (AvgIpc) is 2.60. The Balaban J connectivity index is 1.76. The number of rotatable bonds is 5. The molecule has 2 aromatic carbocycles. The summed E-state index contributed by atoms with van der Waals surface area (Å²) in [4.78, 5) is 35.8. The molecule has 0 saturated heterocycles. The van der Waals surface area contributed by atoms with Gasteiger partial charge in [0.05, 0.1) is 10.6 Å². The molecule has 136 valence electrons. The zero-order valence-corrected chi connectivity index (χ0v) is 15.3. The van der Waals surface area contributed by atoms with E-state index >= 15 is 0 Å². The molecule has 0 aliphatic carbocycles. The number of aryl methyl sites for hydroxylation is 2. The van der Waals surface area contributed by atoms with Crippen LogP contribution in [0.2, 0.25) is 5.02 Å². The van der Waals surface area contributed by atoms with Crippen LogP contribution in [0.25, 0.3) is 0 Å². The standard InChI is InChI=1S/C19H20ClN3O3/c1-12-7-8-14(13(2)11-12)19(26)23-22-17(24)9-10-21-18(25)15-5-3-4-6-16(15)20/h3-8,11H,9-10H2,1-2H3,(H,21,25)(H,22,24)(H,23,26). The number of hydrazine groups is 1. The molecule has 3 N–H and O–H groups in total. The van der Waals surface area contributed by atoms with Crippen molar-refractivity contribution in [2.24, 2.45) is 0 Å². The first kappa shape index (κ1) is 19.5. The van der Waals surface area contributed by atoms with E-state index < -0.39 is 11.8 Å². The maximum Gasteiger partial charge on any atom is 0.269 e. The van der Waals surface area contributed by atoms with Gasteiger partial charge in [-0.25, -0.2) is 0 Å². The molecule has 0 bridgehead atoms. The van der Waals surface area contributed by atoms with Crippen molar-refractivity contribution in [2.45, 2.75) is 20.3 Å². The summed E-state index contributed by atoms with van der Waals surface area (Å²) >= 11 is 5.94. The number of nitrogens with one attached hydrogen (secondary N) is 3. The highest BCUT2D eigenvalue weighted by Gasteiger charge is 2.12. The van der Waals surface area contributed by atoms with Gasteiger partial charge in [-0.05, 0) is 37.6 Å². The quantitative estimate of drug-likeness (QED) is 0.704. The van der Waals surface area contributed by atoms with Crippen LogP contribution in [0.4, 0.5) is 0 Å². The Morgan fingerprint density at radius 1 is 0.923 bits per heavy atom. The Bertz CT molecular complexity index is 837. The van der Waals surface area contributed by atoms with Crippen LogP contribution in [0.5, 0.6) is 0 Å². The lowest BCUT2D eigenvalue weighted by molar-refractivity contribution is -0.121. The third kappa shape index (κ3) is 5.32. The molecule has 0 heterocycles. The topological polar surface area (TPSA) is 87.3 Å². The first-order chi connectivity index (χ1) is 12.4. The van der Waals surface area contributed by atoms with E-state index in [9.17, 15) is 14.4 Å². The van der Waals surface area contributed by atoms with Gasteiger partial charge in [-0.3, -0.25) is 25.2 Å². The predicted octanol–water partition coefficient (Wildman–Crippen LogP) is 2.54. The van der Waals surface area contributed by atoms with Gasteiger partial charge in [0, 0.05) is 18.5 Å². The summed E-state index contributed by atoms with van der Waals surface area (Å²) in [5, 5.41) is 2.95. The normalized spacial score (nSPS) is 10.1. The van der Waals surface area contributed by atoms with Crippen molar-refractivity contribution < 1.29 is 14.4 Å². The Morgan fingerprint density at radius 2 is 1.65 bits per heavy atom. The Hall–Kier alpha value is -2.86. The van der Waals surface area contributed by atoms with E-state index in [1.165, 1.54) is 0 Å². The second-order valence-electron chi connectivity index (χ2n) is 5.81.